The molecule has 2 aromatic heterocycles. The van der Waals surface area contributed by atoms with Gasteiger partial charge in [0, 0.05) is 11.6 Å². The summed E-state index contributed by atoms with van der Waals surface area (Å²) in [5.74, 6) is 0.404. The highest BCUT2D eigenvalue weighted by Crippen LogP contribution is 2.19. The highest BCUT2D eigenvalue weighted by atomic mass is 15.4. The molecule has 0 amide bonds. The van der Waals surface area contributed by atoms with E-state index in [-0.39, 0.29) is 0 Å². The Hall–Kier alpha value is -2.43. The van der Waals surface area contributed by atoms with Gasteiger partial charge in [-0.2, -0.15) is 0 Å². The molecule has 2 N–H and O–H groups in total. The molecule has 3 rings (SSSR count). The number of hydrogen-bond donors (Lipinski definition) is 1. The van der Waals surface area contributed by atoms with Crippen LogP contribution in [0.1, 0.15) is 0 Å². The van der Waals surface area contributed by atoms with Crippen LogP contribution in [0.4, 0.5) is 5.82 Å². The first-order valence-electron chi connectivity index (χ1n) is 4.86. The number of nitrogen functional groups attached to an aromatic ring is 1. The van der Waals surface area contributed by atoms with Crippen LogP contribution in [0.3, 0.4) is 0 Å². The van der Waals surface area contributed by atoms with Crippen molar-refractivity contribution in [3.05, 3.63) is 42.7 Å². The largest absolute Gasteiger partial charge is 0.381 e. The lowest BCUT2D eigenvalue weighted by molar-refractivity contribution is 0.808. The first-order valence-corrected chi connectivity index (χ1v) is 4.86. The highest BCUT2D eigenvalue weighted by molar-refractivity contribution is 5.86. The summed E-state index contributed by atoms with van der Waals surface area (Å²) in [6, 6.07) is 9.76. The summed E-state index contributed by atoms with van der Waals surface area (Å²) in [5.41, 5.74) is 7.40. The average molecular weight is 211 g/mol. The van der Waals surface area contributed by atoms with Crippen LogP contribution in [0.2, 0.25) is 0 Å². The molecule has 0 bridgehead atoms. The highest BCUT2D eigenvalue weighted by Gasteiger charge is 2.04. The molecule has 2 heterocycles. The molecule has 5 nitrogen and oxygen atoms in total. The number of nitrogens with two attached hydrogens (primary N) is 1. The molecule has 3 aromatic rings. The SMILES string of the molecule is Nc1cn(-c2ccnc3ccccc23)nn1. The van der Waals surface area contributed by atoms with Gasteiger partial charge in [0.25, 0.3) is 0 Å². The normalized spacial score (nSPS) is 10.8. The molecule has 0 aliphatic heterocycles. The maximum atomic E-state index is 5.55. The van der Waals surface area contributed by atoms with Crippen LogP contribution in [0.15, 0.2) is 42.7 Å². The molecule has 0 saturated heterocycles. The van der Waals surface area contributed by atoms with E-state index in [2.05, 4.69) is 15.3 Å². The van der Waals surface area contributed by atoms with Crippen LogP contribution in [-0.4, -0.2) is 20.0 Å². The van der Waals surface area contributed by atoms with Crippen molar-refractivity contribution in [1.82, 2.24) is 20.0 Å². The monoisotopic (exact) mass is 211 g/mol. The molecule has 0 unspecified atom stereocenters. The van der Waals surface area contributed by atoms with Crippen LogP contribution in [0.5, 0.6) is 0 Å². The number of fused-ring (bicyclic) bond motifs is 1. The van der Waals surface area contributed by atoms with Crippen molar-refractivity contribution in [2.24, 2.45) is 0 Å². The third-order valence-corrected chi connectivity index (χ3v) is 2.38. The van der Waals surface area contributed by atoms with Gasteiger partial charge in [-0.05, 0) is 12.1 Å². The third kappa shape index (κ3) is 1.30. The molecule has 5 heteroatoms. The molecular weight excluding hydrogens is 202 g/mol. The summed E-state index contributed by atoms with van der Waals surface area (Å²) in [7, 11) is 0. The van der Waals surface area contributed by atoms with Gasteiger partial charge in [-0.3, -0.25) is 4.98 Å². The molecule has 78 valence electrons. The Morgan fingerprint density at radius 3 is 2.81 bits per heavy atom. The van der Waals surface area contributed by atoms with Gasteiger partial charge in [0.15, 0.2) is 5.82 Å². The van der Waals surface area contributed by atoms with Crippen LogP contribution in [0, 0.1) is 0 Å². The second kappa shape index (κ2) is 3.30. The summed E-state index contributed by atoms with van der Waals surface area (Å²) in [4.78, 5) is 4.28. The second-order valence-electron chi connectivity index (χ2n) is 3.44. The Labute approximate surface area is 91.5 Å². The van der Waals surface area contributed by atoms with Gasteiger partial charge in [0.2, 0.25) is 0 Å². The van der Waals surface area contributed by atoms with Crippen LogP contribution in [0.25, 0.3) is 16.6 Å². The van der Waals surface area contributed by atoms with E-state index in [1.807, 2.05) is 30.3 Å². The number of nitrogens with zero attached hydrogens (tertiary/aromatic N) is 4. The van der Waals surface area contributed by atoms with Gasteiger partial charge in [-0.1, -0.05) is 23.4 Å². The van der Waals surface area contributed by atoms with Crippen molar-refractivity contribution in [2.45, 2.75) is 0 Å². The number of anilines is 1. The van der Waals surface area contributed by atoms with E-state index in [4.69, 9.17) is 5.73 Å². The minimum absolute atomic E-state index is 0.404. The van der Waals surface area contributed by atoms with Crippen molar-refractivity contribution in [2.75, 3.05) is 5.73 Å². The van der Waals surface area contributed by atoms with Crippen molar-refractivity contribution < 1.29 is 0 Å². The maximum absolute atomic E-state index is 5.55. The summed E-state index contributed by atoms with van der Waals surface area (Å²) in [5, 5.41) is 8.74. The molecular formula is C11H9N5. The number of benzene rings is 1. The summed E-state index contributed by atoms with van der Waals surface area (Å²) in [6.07, 6.45) is 3.43. The number of hydrogen-bond acceptors (Lipinski definition) is 4. The van der Waals surface area contributed by atoms with Crippen molar-refractivity contribution in [1.29, 1.82) is 0 Å². The standard InChI is InChI=1S/C11H9N5/c12-11-7-16(15-14-11)10-5-6-13-9-4-2-1-3-8(9)10/h1-7H,12H2. The zero-order valence-corrected chi connectivity index (χ0v) is 8.41. The van der Waals surface area contributed by atoms with Crippen molar-refractivity contribution in [3.8, 4) is 5.69 Å². The van der Waals surface area contributed by atoms with Crippen LogP contribution in [-0.2, 0) is 0 Å². The van der Waals surface area contributed by atoms with E-state index in [1.54, 1.807) is 17.1 Å². The topological polar surface area (TPSA) is 69.6 Å². The molecule has 0 atom stereocenters. The Bertz CT molecular complexity index is 638. The molecule has 0 aliphatic rings. The zero-order chi connectivity index (χ0) is 11.0. The zero-order valence-electron chi connectivity index (χ0n) is 8.41. The van der Waals surface area contributed by atoms with Gasteiger partial charge in [0.1, 0.15) is 0 Å². The third-order valence-electron chi connectivity index (χ3n) is 2.38. The fourth-order valence-electron chi connectivity index (χ4n) is 1.68. The first kappa shape index (κ1) is 8.84. The van der Waals surface area contributed by atoms with Gasteiger partial charge in [-0.15, -0.1) is 5.10 Å². The van der Waals surface area contributed by atoms with Gasteiger partial charge < -0.3 is 5.73 Å². The molecule has 1 aromatic carbocycles. The first-order chi connectivity index (χ1) is 7.84. The fraction of sp³-hybridized carbons (Fsp3) is 0. The predicted molar refractivity (Wildman–Crippen MR) is 61.1 cm³/mol. The minimum atomic E-state index is 0.404. The summed E-state index contributed by atoms with van der Waals surface area (Å²) >= 11 is 0. The Balaban J connectivity index is 2.31. The molecule has 0 fully saturated rings. The Morgan fingerprint density at radius 1 is 1.12 bits per heavy atom. The van der Waals surface area contributed by atoms with E-state index in [0.29, 0.717) is 5.82 Å². The maximum Gasteiger partial charge on any atom is 0.166 e. The van der Waals surface area contributed by atoms with Gasteiger partial charge in [0.05, 0.1) is 17.4 Å². The van der Waals surface area contributed by atoms with E-state index >= 15 is 0 Å². The second-order valence-corrected chi connectivity index (χ2v) is 3.44. The molecule has 0 radical (unpaired) electrons. The molecule has 16 heavy (non-hydrogen) atoms. The lowest BCUT2D eigenvalue weighted by Gasteiger charge is -2.03. The molecule has 0 spiro atoms. The Kier molecular flexibility index (Phi) is 1.83. The number of pyridine rings is 1. The van der Waals surface area contributed by atoms with E-state index in [0.717, 1.165) is 16.6 Å². The van der Waals surface area contributed by atoms with Crippen LogP contribution >= 0.6 is 0 Å². The number of rotatable bonds is 1. The van der Waals surface area contributed by atoms with E-state index in [9.17, 15) is 0 Å². The van der Waals surface area contributed by atoms with E-state index in [1.165, 1.54) is 0 Å². The lowest BCUT2D eigenvalue weighted by atomic mass is 10.2. The van der Waals surface area contributed by atoms with Gasteiger partial charge >= 0.3 is 0 Å². The molecule has 0 aliphatic carbocycles. The van der Waals surface area contributed by atoms with Crippen LogP contribution < -0.4 is 5.73 Å². The van der Waals surface area contributed by atoms with Gasteiger partial charge in [-0.25, -0.2) is 4.68 Å². The number of aromatic nitrogens is 4. The van der Waals surface area contributed by atoms with Crippen molar-refractivity contribution in [3.63, 3.8) is 0 Å². The predicted octanol–water partition coefficient (Wildman–Crippen LogP) is 1.40. The average Bonchev–Trinajstić information content (AvgIpc) is 2.75. The molecule has 0 saturated carbocycles. The smallest absolute Gasteiger partial charge is 0.166 e. The van der Waals surface area contributed by atoms with Crippen molar-refractivity contribution >= 4 is 16.7 Å². The summed E-state index contributed by atoms with van der Waals surface area (Å²) in [6.45, 7) is 0. The fourth-order valence-corrected chi connectivity index (χ4v) is 1.68. The minimum Gasteiger partial charge on any atom is -0.381 e. The Morgan fingerprint density at radius 2 is 2.00 bits per heavy atom. The summed E-state index contributed by atoms with van der Waals surface area (Å²) < 4.78 is 1.65. The number of para-hydroxylation sites is 1. The quantitative estimate of drug-likeness (QED) is 0.660. The van der Waals surface area contributed by atoms with E-state index < -0.39 is 0 Å². The lowest BCUT2D eigenvalue weighted by Crippen LogP contribution is -1.96.